The van der Waals surface area contributed by atoms with Crippen LogP contribution in [0.4, 0.5) is 4.79 Å². The zero-order chi connectivity index (χ0) is 12.9. The summed E-state index contributed by atoms with van der Waals surface area (Å²) in [6.07, 6.45) is 5.09. The number of nitriles is 1. The molecule has 0 aromatic rings. The zero-order valence-corrected chi connectivity index (χ0v) is 11.0. The van der Waals surface area contributed by atoms with Gasteiger partial charge in [-0.1, -0.05) is 19.3 Å². The lowest BCUT2D eigenvalue weighted by atomic mass is 9.84. The molecule has 1 unspecified atom stereocenters. The summed E-state index contributed by atoms with van der Waals surface area (Å²) < 4.78 is 5.16. The fraction of sp³-hybridized carbons (Fsp3) is 0.846. The van der Waals surface area contributed by atoms with Gasteiger partial charge in [0.25, 0.3) is 0 Å². The first-order chi connectivity index (χ1) is 7.92. The van der Waals surface area contributed by atoms with Crippen LogP contribution in [-0.4, -0.2) is 17.7 Å². The van der Waals surface area contributed by atoms with Crippen LogP contribution in [0.3, 0.4) is 0 Å². The Morgan fingerprint density at radius 2 is 1.94 bits per heavy atom. The van der Waals surface area contributed by atoms with Gasteiger partial charge in [0.15, 0.2) is 0 Å². The first-order valence-electron chi connectivity index (χ1n) is 6.31. The molecule has 1 atom stereocenters. The third-order valence-corrected chi connectivity index (χ3v) is 2.93. The summed E-state index contributed by atoms with van der Waals surface area (Å²) in [6, 6.07) is 1.76. The molecule has 1 amide bonds. The predicted octanol–water partition coefficient (Wildman–Crippen LogP) is 2.98. The monoisotopic (exact) mass is 238 g/mol. The van der Waals surface area contributed by atoms with Gasteiger partial charge in [-0.2, -0.15) is 5.26 Å². The second-order valence-electron chi connectivity index (χ2n) is 5.65. The average Bonchev–Trinajstić information content (AvgIpc) is 2.24. The molecule has 1 aliphatic rings. The molecule has 0 saturated heterocycles. The van der Waals surface area contributed by atoms with Crippen LogP contribution in [0.5, 0.6) is 0 Å². The fourth-order valence-corrected chi connectivity index (χ4v) is 2.16. The highest BCUT2D eigenvalue weighted by atomic mass is 16.6. The Bertz CT molecular complexity index is 296. The third-order valence-electron chi connectivity index (χ3n) is 2.93. The lowest BCUT2D eigenvalue weighted by Crippen LogP contribution is -2.42. The highest BCUT2D eigenvalue weighted by molar-refractivity contribution is 5.68. The molecule has 4 heteroatoms. The van der Waals surface area contributed by atoms with Gasteiger partial charge in [0.1, 0.15) is 11.6 Å². The largest absolute Gasteiger partial charge is 0.444 e. The van der Waals surface area contributed by atoms with E-state index < -0.39 is 17.7 Å². The number of ether oxygens (including phenoxy) is 1. The smallest absolute Gasteiger partial charge is 0.408 e. The lowest BCUT2D eigenvalue weighted by molar-refractivity contribution is 0.0496. The van der Waals surface area contributed by atoms with Crippen molar-refractivity contribution in [3.8, 4) is 6.07 Å². The van der Waals surface area contributed by atoms with Gasteiger partial charge in [-0.05, 0) is 39.5 Å². The Kier molecular flexibility index (Phi) is 4.80. The van der Waals surface area contributed by atoms with Crippen LogP contribution < -0.4 is 5.32 Å². The molecule has 17 heavy (non-hydrogen) atoms. The van der Waals surface area contributed by atoms with Crippen LogP contribution >= 0.6 is 0 Å². The third kappa shape index (κ3) is 5.08. The van der Waals surface area contributed by atoms with Gasteiger partial charge in [-0.3, -0.25) is 0 Å². The van der Waals surface area contributed by atoms with Crippen LogP contribution in [0.2, 0.25) is 0 Å². The van der Waals surface area contributed by atoms with Crippen molar-refractivity contribution in [3.63, 3.8) is 0 Å². The molecule has 0 aromatic heterocycles. The normalized spacial score (nSPS) is 19.2. The van der Waals surface area contributed by atoms with Crippen molar-refractivity contribution in [1.82, 2.24) is 5.32 Å². The quantitative estimate of drug-likeness (QED) is 0.804. The first kappa shape index (κ1) is 13.8. The standard InChI is InChI=1S/C13H22N2O2/c1-13(2,3)17-12(16)15-11(9-14)10-7-5-4-6-8-10/h10-11H,4-8H2,1-3H3,(H,15,16). The molecule has 1 N–H and O–H groups in total. The second-order valence-corrected chi connectivity index (χ2v) is 5.65. The number of alkyl carbamates (subject to hydrolysis) is 1. The van der Waals surface area contributed by atoms with E-state index in [2.05, 4.69) is 11.4 Å². The number of hydrogen-bond acceptors (Lipinski definition) is 3. The molecule has 0 bridgehead atoms. The molecule has 1 rings (SSSR count). The summed E-state index contributed by atoms with van der Waals surface area (Å²) in [6.45, 7) is 5.44. The van der Waals surface area contributed by atoms with Crippen molar-refractivity contribution in [1.29, 1.82) is 5.26 Å². The van der Waals surface area contributed by atoms with E-state index in [9.17, 15) is 4.79 Å². The number of nitrogens with zero attached hydrogens (tertiary/aromatic N) is 1. The van der Waals surface area contributed by atoms with Crippen LogP contribution in [-0.2, 0) is 4.74 Å². The van der Waals surface area contributed by atoms with Gasteiger partial charge < -0.3 is 10.1 Å². The maximum atomic E-state index is 11.6. The Hall–Kier alpha value is -1.24. The first-order valence-corrected chi connectivity index (χ1v) is 6.31. The van der Waals surface area contributed by atoms with Crippen molar-refractivity contribution in [2.24, 2.45) is 5.92 Å². The summed E-state index contributed by atoms with van der Waals surface area (Å²) in [5.74, 6) is 0.279. The molecule has 1 fully saturated rings. The van der Waals surface area contributed by atoms with E-state index >= 15 is 0 Å². The Morgan fingerprint density at radius 3 is 2.41 bits per heavy atom. The molecule has 96 valence electrons. The minimum absolute atomic E-state index is 0.279. The number of amides is 1. The molecular weight excluding hydrogens is 216 g/mol. The molecule has 1 aliphatic carbocycles. The number of hydrogen-bond donors (Lipinski definition) is 1. The van der Waals surface area contributed by atoms with Crippen LogP contribution in [0, 0.1) is 17.2 Å². The number of nitrogens with one attached hydrogen (secondary N) is 1. The van der Waals surface area contributed by atoms with E-state index in [1.54, 1.807) is 0 Å². The number of carbonyl (C=O) groups is 1. The number of carbonyl (C=O) groups excluding carboxylic acids is 1. The van der Waals surface area contributed by atoms with Crippen molar-refractivity contribution in [3.05, 3.63) is 0 Å². The van der Waals surface area contributed by atoms with Gasteiger partial charge in [0, 0.05) is 0 Å². The van der Waals surface area contributed by atoms with Crippen molar-refractivity contribution < 1.29 is 9.53 Å². The molecule has 4 nitrogen and oxygen atoms in total. The van der Waals surface area contributed by atoms with Crippen LogP contribution in [0.25, 0.3) is 0 Å². The van der Waals surface area contributed by atoms with E-state index in [-0.39, 0.29) is 5.92 Å². The minimum atomic E-state index is -0.517. The Morgan fingerprint density at radius 1 is 1.35 bits per heavy atom. The molecule has 0 aromatic carbocycles. The summed E-state index contributed by atoms with van der Waals surface area (Å²) >= 11 is 0. The molecule has 0 spiro atoms. The van der Waals surface area contributed by atoms with Gasteiger partial charge in [-0.25, -0.2) is 4.79 Å². The zero-order valence-electron chi connectivity index (χ0n) is 11.0. The maximum absolute atomic E-state index is 11.6. The highest BCUT2D eigenvalue weighted by Gasteiger charge is 2.26. The number of rotatable bonds is 2. The molecule has 0 radical (unpaired) electrons. The van der Waals surface area contributed by atoms with E-state index in [1.807, 2.05) is 20.8 Å². The van der Waals surface area contributed by atoms with Crippen molar-refractivity contribution >= 4 is 6.09 Å². The van der Waals surface area contributed by atoms with Crippen LogP contribution in [0.15, 0.2) is 0 Å². The molecular formula is C13H22N2O2. The average molecular weight is 238 g/mol. The predicted molar refractivity (Wildman–Crippen MR) is 65.3 cm³/mol. The van der Waals surface area contributed by atoms with Crippen LogP contribution in [0.1, 0.15) is 52.9 Å². The van der Waals surface area contributed by atoms with Crippen molar-refractivity contribution in [2.45, 2.75) is 64.5 Å². The molecule has 1 saturated carbocycles. The van der Waals surface area contributed by atoms with Gasteiger partial charge in [0.2, 0.25) is 0 Å². The summed E-state index contributed by atoms with van der Waals surface area (Å²) in [5, 5.41) is 11.8. The maximum Gasteiger partial charge on any atom is 0.408 e. The summed E-state index contributed by atoms with van der Waals surface area (Å²) in [5.41, 5.74) is -0.517. The van der Waals surface area contributed by atoms with Gasteiger partial charge >= 0.3 is 6.09 Å². The Balaban J connectivity index is 2.46. The van der Waals surface area contributed by atoms with Gasteiger partial charge in [-0.15, -0.1) is 0 Å². The SMILES string of the molecule is CC(C)(C)OC(=O)NC(C#N)C1CCCCC1. The fourth-order valence-electron chi connectivity index (χ4n) is 2.16. The second kappa shape index (κ2) is 5.90. The van der Waals surface area contributed by atoms with E-state index in [0.29, 0.717) is 0 Å². The summed E-state index contributed by atoms with van der Waals surface area (Å²) in [4.78, 5) is 11.6. The van der Waals surface area contributed by atoms with Crippen molar-refractivity contribution in [2.75, 3.05) is 0 Å². The minimum Gasteiger partial charge on any atom is -0.444 e. The topological polar surface area (TPSA) is 62.1 Å². The van der Waals surface area contributed by atoms with E-state index in [0.717, 1.165) is 25.7 Å². The lowest BCUT2D eigenvalue weighted by Gasteiger charge is -2.27. The van der Waals surface area contributed by atoms with E-state index in [4.69, 9.17) is 10.00 Å². The van der Waals surface area contributed by atoms with E-state index in [1.165, 1.54) is 6.42 Å². The Labute approximate surface area is 103 Å². The highest BCUT2D eigenvalue weighted by Crippen LogP contribution is 2.26. The van der Waals surface area contributed by atoms with Gasteiger partial charge in [0.05, 0.1) is 6.07 Å². The molecule has 0 aliphatic heterocycles. The summed E-state index contributed by atoms with van der Waals surface area (Å²) in [7, 11) is 0. The molecule has 0 heterocycles.